The highest BCUT2D eigenvalue weighted by atomic mass is 16.6. The van der Waals surface area contributed by atoms with Gasteiger partial charge in [0.25, 0.3) is 0 Å². The lowest BCUT2D eigenvalue weighted by molar-refractivity contribution is -0.236. The van der Waals surface area contributed by atoms with E-state index in [4.69, 9.17) is 9.84 Å². The molecule has 156 valence electrons. The number of rotatable bonds is 15. The highest BCUT2D eigenvalue weighted by Crippen LogP contribution is 2.19. The number of ether oxygens (including phenoxy) is 1. The number of unbranched alkanes of at least 4 members (excludes halogenated alkanes) is 11. The number of aliphatic hydroxyl groups excluding tert-OH is 4. The van der Waals surface area contributed by atoms with Gasteiger partial charge in [-0.05, 0) is 13.0 Å². The van der Waals surface area contributed by atoms with Crippen molar-refractivity contribution in [1.82, 2.24) is 5.32 Å². The minimum atomic E-state index is -1.31. The lowest BCUT2D eigenvalue weighted by Crippen LogP contribution is -2.62. The van der Waals surface area contributed by atoms with Crippen LogP contribution in [0.4, 0.5) is 0 Å². The highest BCUT2D eigenvalue weighted by molar-refractivity contribution is 4.90. The van der Waals surface area contributed by atoms with E-state index in [1.807, 2.05) is 0 Å². The van der Waals surface area contributed by atoms with Gasteiger partial charge in [-0.2, -0.15) is 0 Å². The molecule has 0 saturated carbocycles. The fourth-order valence-electron chi connectivity index (χ4n) is 3.48. The molecule has 6 heteroatoms. The van der Waals surface area contributed by atoms with E-state index in [0.717, 1.165) is 12.8 Å². The molecule has 0 spiro atoms. The molecule has 1 fully saturated rings. The van der Waals surface area contributed by atoms with Crippen LogP contribution < -0.4 is 5.32 Å². The monoisotopic (exact) mass is 375 g/mol. The van der Waals surface area contributed by atoms with Gasteiger partial charge in [0.05, 0.1) is 6.61 Å². The summed E-state index contributed by atoms with van der Waals surface area (Å²) in [6.07, 6.45) is 10.1. The van der Waals surface area contributed by atoms with Crippen LogP contribution in [0.25, 0.3) is 0 Å². The Balaban J connectivity index is 1.95. The summed E-state index contributed by atoms with van der Waals surface area (Å²) < 4.78 is 5.42. The minimum absolute atomic E-state index is 0.387. The van der Waals surface area contributed by atoms with Crippen molar-refractivity contribution in [2.75, 3.05) is 13.2 Å². The van der Waals surface area contributed by atoms with Crippen molar-refractivity contribution in [3.63, 3.8) is 0 Å². The first-order valence-corrected chi connectivity index (χ1v) is 10.7. The summed E-state index contributed by atoms with van der Waals surface area (Å²) in [7, 11) is 0. The molecular weight excluding hydrogens is 334 g/mol. The number of hydrogen-bond acceptors (Lipinski definition) is 6. The average Bonchev–Trinajstić information content (AvgIpc) is 2.65. The minimum Gasteiger partial charge on any atom is -0.394 e. The summed E-state index contributed by atoms with van der Waals surface area (Å²) in [5, 5.41) is 41.6. The van der Waals surface area contributed by atoms with Gasteiger partial charge in [-0.3, -0.25) is 5.32 Å². The smallest absolute Gasteiger partial charge is 0.137 e. The topological polar surface area (TPSA) is 102 Å². The number of aliphatic hydroxyl groups is 4. The van der Waals surface area contributed by atoms with E-state index in [-0.39, 0.29) is 6.61 Å². The maximum absolute atomic E-state index is 9.93. The summed E-state index contributed by atoms with van der Waals surface area (Å²) >= 11 is 0. The normalized spacial score (nSPS) is 29.2. The summed E-state index contributed by atoms with van der Waals surface area (Å²) in [5.41, 5.74) is 0. The third-order valence-corrected chi connectivity index (χ3v) is 5.27. The van der Waals surface area contributed by atoms with Crippen LogP contribution in [0, 0.1) is 0 Å². The molecule has 1 aliphatic heterocycles. The van der Waals surface area contributed by atoms with Crippen molar-refractivity contribution in [1.29, 1.82) is 0 Å². The van der Waals surface area contributed by atoms with Crippen molar-refractivity contribution in [2.24, 2.45) is 0 Å². The second-order valence-electron chi connectivity index (χ2n) is 7.59. The van der Waals surface area contributed by atoms with Gasteiger partial charge in [-0.1, -0.05) is 77.6 Å². The van der Waals surface area contributed by atoms with Gasteiger partial charge in [-0.15, -0.1) is 0 Å². The van der Waals surface area contributed by atoms with E-state index in [1.54, 1.807) is 0 Å². The Hall–Kier alpha value is -0.240. The molecule has 5 atom stereocenters. The van der Waals surface area contributed by atoms with Crippen molar-refractivity contribution in [2.45, 2.75) is 115 Å². The van der Waals surface area contributed by atoms with Gasteiger partial charge in [0.2, 0.25) is 0 Å². The zero-order valence-electron chi connectivity index (χ0n) is 16.5. The van der Waals surface area contributed by atoms with Crippen LogP contribution >= 0.6 is 0 Å². The fourth-order valence-corrected chi connectivity index (χ4v) is 3.48. The standard InChI is InChI=1S/C20H41NO5/c1-2-3-4-5-6-7-8-9-10-11-12-13-14-21-20-19(25)18(24)17(23)16(15-22)26-20/h16-25H,2-15H2,1H3/t16-,17-,18+,19-,20?/m1/s1. The van der Waals surface area contributed by atoms with E-state index in [2.05, 4.69) is 12.2 Å². The van der Waals surface area contributed by atoms with E-state index < -0.39 is 30.6 Å². The fraction of sp³-hybridized carbons (Fsp3) is 1.00. The Kier molecular flexibility index (Phi) is 13.5. The first kappa shape index (κ1) is 23.8. The predicted octanol–water partition coefficient (Wildman–Crippen LogP) is 2.08. The van der Waals surface area contributed by atoms with Crippen LogP contribution in [-0.2, 0) is 4.74 Å². The van der Waals surface area contributed by atoms with Crippen LogP contribution in [0.5, 0.6) is 0 Å². The van der Waals surface area contributed by atoms with E-state index in [0.29, 0.717) is 6.54 Å². The number of nitrogens with one attached hydrogen (secondary N) is 1. The molecular formula is C20H41NO5. The van der Waals surface area contributed by atoms with E-state index in [1.165, 1.54) is 64.2 Å². The Labute approximate surface area is 159 Å². The molecule has 1 aliphatic rings. The lowest BCUT2D eigenvalue weighted by Gasteiger charge is -2.40. The molecule has 0 aromatic heterocycles. The first-order chi connectivity index (χ1) is 12.6. The molecule has 0 aliphatic carbocycles. The van der Waals surface area contributed by atoms with Crippen molar-refractivity contribution in [3.05, 3.63) is 0 Å². The Morgan fingerprint density at radius 2 is 1.19 bits per heavy atom. The van der Waals surface area contributed by atoms with Gasteiger partial charge >= 0.3 is 0 Å². The van der Waals surface area contributed by atoms with Crippen molar-refractivity contribution in [3.8, 4) is 0 Å². The van der Waals surface area contributed by atoms with Gasteiger partial charge < -0.3 is 25.2 Å². The van der Waals surface area contributed by atoms with Gasteiger partial charge in [0.15, 0.2) is 0 Å². The second kappa shape index (κ2) is 14.8. The second-order valence-corrected chi connectivity index (χ2v) is 7.59. The van der Waals surface area contributed by atoms with Gasteiger partial charge in [0.1, 0.15) is 30.6 Å². The molecule has 0 radical (unpaired) electrons. The van der Waals surface area contributed by atoms with Gasteiger partial charge in [0, 0.05) is 0 Å². The van der Waals surface area contributed by atoms with E-state index in [9.17, 15) is 15.3 Å². The Bertz CT molecular complexity index is 329. The Morgan fingerprint density at radius 1 is 0.692 bits per heavy atom. The largest absolute Gasteiger partial charge is 0.394 e. The molecule has 26 heavy (non-hydrogen) atoms. The maximum Gasteiger partial charge on any atom is 0.137 e. The summed E-state index contributed by atoms with van der Waals surface area (Å²) in [5.74, 6) is 0. The molecule has 1 heterocycles. The average molecular weight is 376 g/mol. The SMILES string of the molecule is CCCCCCCCCCCCCCNC1O[C@H](CO)[C@@H](O)[C@H](O)[C@H]1O. The van der Waals surface area contributed by atoms with Crippen LogP contribution in [0.2, 0.25) is 0 Å². The van der Waals surface area contributed by atoms with Crippen molar-refractivity contribution >= 4 is 0 Å². The molecule has 0 amide bonds. The lowest BCUT2D eigenvalue weighted by atomic mass is 9.98. The Morgan fingerprint density at radius 3 is 1.69 bits per heavy atom. The van der Waals surface area contributed by atoms with Crippen molar-refractivity contribution < 1.29 is 25.2 Å². The van der Waals surface area contributed by atoms with Crippen LogP contribution in [-0.4, -0.2) is 64.2 Å². The summed E-state index contributed by atoms with van der Waals surface area (Å²) in [6, 6.07) is 0. The van der Waals surface area contributed by atoms with Crippen LogP contribution in [0.3, 0.4) is 0 Å². The molecule has 0 aromatic rings. The molecule has 5 N–H and O–H groups in total. The molecule has 6 nitrogen and oxygen atoms in total. The molecule has 1 unspecified atom stereocenters. The summed E-state index contributed by atoms with van der Waals surface area (Å²) in [4.78, 5) is 0. The predicted molar refractivity (Wildman–Crippen MR) is 103 cm³/mol. The highest BCUT2D eigenvalue weighted by Gasteiger charge is 2.42. The van der Waals surface area contributed by atoms with Crippen LogP contribution in [0.1, 0.15) is 84.0 Å². The van der Waals surface area contributed by atoms with Crippen LogP contribution in [0.15, 0.2) is 0 Å². The quantitative estimate of drug-likeness (QED) is 0.281. The zero-order chi connectivity index (χ0) is 19.2. The first-order valence-electron chi connectivity index (χ1n) is 10.7. The number of hydrogen-bond donors (Lipinski definition) is 5. The van der Waals surface area contributed by atoms with E-state index >= 15 is 0 Å². The zero-order valence-corrected chi connectivity index (χ0v) is 16.5. The molecule has 0 aromatic carbocycles. The molecule has 1 saturated heterocycles. The third kappa shape index (κ3) is 9.11. The molecule has 1 rings (SSSR count). The molecule has 0 bridgehead atoms. The van der Waals surface area contributed by atoms with Gasteiger partial charge in [-0.25, -0.2) is 0 Å². The maximum atomic E-state index is 9.93. The third-order valence-electron chi connectivity index (χ3n) is 5.27. The summed E-state index contributed by atoms with van der Waals surface area (Å²) in [6.45, 7) is 2.54.